The Kier molecular flexibility index (Phi) is 4.81. The van der Waals surface area contributed by atoms with E-state index in [1.165, 1.54) is 23.5 Å². The van der Waals surface area contributed by atoms with Crippen LogP contribution in [-0.2, 0) is 11.2 Å². The van der Waals surface area contributed by atoms with Crippen molar-refractivity contribution in [1.82, 2.24) is 15.2 Å². The summed E-state index contributed by atoms with van der Waals surface area (Å²) in [7, 11) is 0. The zero-order valence-corrected chi connectivity index (χ0v) is 14.9. The highest BCUT2D eigenvalue weighted by atomic mass is 32.1. The van der Waals surface area contributed by atoms with E-state index in [9.17, 15) is 9.18 Å². The minimum atomic E-state index is -0.286. The number of ether oxygens (including phenoxy) is 1. The first kappa shape index (κ1) is 16.9. The summed E-state index contributed by atoms with van der Waals surface area (Å²) >= 11 is 1.30. The van der Waals surface area contributed by atoms with Crippen molar-refractivity contribution in [1.29, 1.82) is 0 Å². The van der Waals surface area contributed by atoms with Crippen LogP contribution in [0, 0.1) is 5.82 Å². The van der Waals surface area contributed by atoms with Crippen LogP contribution in [0.5, 0.6) is 10.9 Å². The number of aromatic nitrogens is 1. The summed E-state index contributed by atoms with van der Waals surface area (Å²) in [4.78, 5) is 18.5. The molecule has 1 N–H and O–H groups in total. The molecule has 1 amide bonds. The van der Waals surface area contributed by atoms with Crippen molar-refractivity contribution in [2.75, 3.05) is 26.2 Å². The Morgan fingerprint density at radius 3 is 2.73 bits per heavy atom. The number of amides is 1. The van der Waals surface area contributed by atoms with Gasteiger partial charge in [-0.3, -0.25) is 4.79 Å². The monoisotopic (exact) mass is 371 g/mol. The Morgan fingerprint density at radius 1 is 1.19 bits per heavy atom. The standard InChI is InChI=1S/C19H18FN3O2S/c20-14-3-6-16-17(12-14)26-19(22-16)25-15-4-1-13(2-5-15)11-18(24)23-9-7-21-8-10-23/h1-6,12,21H,7-11H2. The summed E-state index contributed by atoms with van der Waals surface area (Å²) in [6.07, 6.45) is 0.390. The molecule has 7 heteroatoms. The number of halogens is 1. The second kappa shape index (κ2) is 7.39. The Bertz CT molecular complexity index is 920. The number of rotatable bonds is 4. The number of carbonyl (C=O) groups excluding carboxylic acids is 1. The third-order valence-electron chi connectivity index (χ3n) is 4.28. The highest BCUT2D eigenvalue weighted by Crippen LogP contribution is 2.31. The zero-order chi connectivity index (χ0) is 17.9. The third-order valence-corrected chi connectivity index (χ3v) is 5.18. The summed E-state index contributed by atoms with van der Waals surface area (Å²) in [6.45, 7) is 3.23. The van der Waals surface area contributed by atoms with Crippen molar-refractivity contribution in [3.63, 3.8) is 0 Å². The number of nitrogens with one attached hydrogen (secondary N) is 1. The van der Waals surface area contributed by atoms with Gasteiger partial charge in [0.2, 0.25) is 5.91 Å². The molecule has 0 saturated carbocycles. The van der Waals surface area contributed by atoms with E-state index in [-0.39, 0.29) is 11.7 Å². The van der Waals surface area contributed by atoms with Crippen LogP contribution in [0.2, 0.25) is 0 Å². The van der Waals surface area contributed by atoms with E-state index in [0.717, 1.165) is 36.4 Å². The molecule has 4 rings (SSSR count). The molecule has 0 aliphatic carbocycles. The molecule has 2 heterocycles. The van der Waals surface area contributed by atoms with Crippen LogP contribution in [0.15, 0.2) is 42.5 Å². The molecule has 1 aliphatic heterocycles. The SMILES string of the molecule is O=C(Cc1ccc(Oc2nc3ccc(F)cc3s2)cc1)N1CCNCC1. The van der Waals surface area contributed by atoms with Crippen molar-refractivity contribution in [3.05, 3.63) is 53.8 Å². The lowest BCUT2D eigenvalue weighted by atomic mass is 10.1. The topological polar surface area (TPSA) is 54.5 Å². The van der Waals surface area contributed by atoms with Gasteiger partial charge in [0, 0.05) is 26.2 Å². The van der Waals surface area contributed by atoms with Crippen LogP contribution < -0.4 is 10.1 Å². The minimum Gasteiger partial charge on any atom is -0.431 e. The second-order valence-electron chi connectivity index (χ2n) is 6.15. The van der Waals surface area contributed by atoms with Crippen molar-refractivity contribution in [2.24, 2.45) is 0 Å². The van der Waals surface area contributed by atoms with Gasteiger partial charge in [-0.05, 0) is 35.9 Å². The van der Waals surface area contributed by atoms with E-state index >= 15 is 0 Å². The number of carbonyl (C=O) groups is 1. The minimum absolute atomic E-state index is 0.147. The molecule has 0 spiro atoms. The fourth-order valence-electron chi connectivity index (χ4n) is 2.90. The molecule has 0 radical (unpaired) electrons. The summed E-state index contributed by atoms with van der Waals surface area (Å²) in [5.74, 6) is 0.502. The molecule has 1 aliphatic rings. The molecule has 0 atom stereocenters. The summed E-state index contributed by atoms with van der Waals surface area (Å²) < 4.78 is 19.8. The lowest BCUT2D eigenvalue weighted by Gasteiger charge is -2.27. The first-order chi connectivity index (χ1) is 12.7. The molecule has 1 fully saturated rings. The van der Waals surface area contributed by atoms with Gasteiger partial charge in [-0.25, -0.2) is 9.37 Å². The number of fused-ring (bicyclic) bond motifs is 1. The number of hydrogen-bond donors (Lipinski definition) is 1. The van der Waals surface area contributed by atoms with Crippen LogP contribution in [0.3, 0.4) is 0 Å². The first-order valence-electron chi connectivity index (χ1n) is 8.49. The van der Waals surface area contributed by atoms with Gasteiger partial charge >= 0.3 is 0 Å². The van der Waals surface area contributed by atoms with Gasteiger partial charge in [-0.2, -0.15) is 0 Å². The lowest BCUT2D eigenvalue weighted by Crippen LogP contribution is -2.46. The molecule has 3 aromatic rings. The highest BCUT2D eigenvalue weighted by Gasteiger charge is 2.16. The maximum atomic E-state index is 13.3. The number of nitrogens with zero attached hydrogens (tertiary/aromatic N) is 2. The number of piperazine rings is 1. The van der Waals surface area contributed by atoms with Crippen molar-refractivity contribution in [2.45, 2.75) is 6.42 Å². The highest BCUT2D eigenvalue weighted by molar-refractivity contribution is 7.20. The Balaban J connectivity index is 1.41. The van der Waals surface area contributed by atoms with Crippen LogP contribution >= 0.6 is 11.3 Å². The fourth-order valence-corrected chi connectivity index (χ4v) is 3.76. The molecule has 0 bridgehead atoms. The van der Waals surface area contributed by atoms with Crippen molar-refractivity contribution >= 4 is 27.5 Å². The van der Waals surface area contributed by atoms with E-state index in [1.54, 1.807) is 6.07 Å². The van der Waals surface area contributed by atoms with Gasteiger partial charge < -0.3 is 15.0 Å². The van der Waals surface area contributed by atoms with Gasteiger partial charge in [-0.15, -0.1) is 0 Å². The average molecular weight is 371 g/mol. The van der Waals surface area contributed by atoms with Crippen molar-refractivity contribution < 1.29 is 13.9 Å². The smallest absolute Gasteiger partial charge is 0.279 e. The number of hydrogen-bond acceptors (Lipinski definition) is 5. The Labute approximate surface area is 154 Å². The summed E-state index contributed by atoms with van der Waals surface area (Å²) in [5, 5.41) is 3.71. The molecule has 5 nitrogen and oxygen atoms in total. The maximum absolute atomic E-state index is 13.3. The van der Waals surface area contributed by atoms with Crippen molar-refractivity contribution in [3.8, 4) is 10.9 Å². The van der Waals surface area contributed by atoms with Crippen LogP contribution in [0.4, 0.5) is 4.39 Å². The summed E-state index contributed by atoms with van der Waals surface area (Å²) in [5.41, 5.74) is 1.66. The lowest BCUT2D eigenvalue weighted by molar-refractivity contribution is -0.131. The van der Waals surface area contributed by atoms with E-state index in [1.807, 2.05) is 29.2 Å². The molecule has 1 saturated heterocycles. The molecule has 2 aromatic carbocycles. The summed E-state index contributed by atoms with van der Waals surface area (Å²) in [6, 6.07) is 11.9. The van der Waals surface area contributed by atoms with Crippen LogP contribution in [-0.4, -0.2) is 42.0 Å². The quantitative estimate of drug-likeness (QED) is 0.765. The van der Waals surface area contributed by atoms with Gasteiger partial charge in [0.25, 0.3) is 5.19 Å². The number of benzene rings is 2. The molecule has 0 unspecified atom stereocenters. The van der Waals surface area contributed by atoms with Crippen LogP contribution in [0.1, 0.15) is 5.56 Å². The number of thiazole rings is 1. The normalized spacial score (nSPS) is 14.6. The Hall–Kier alpha value is -2.51. The molecule has 26 heavy (non-hydrogen) atoms. The second-order valence-corrected chi connectivity index (χ2v) is 7.14. The third kappa shape index (κ3) is 3.84. The zero-order valence-electron chi connectivity index (χ0n) is 14.1. The maximum Gasteiger partial charge on any atom is 0.279 e. The van der Waals surface area contributed by atoms with Gasteiger partial charge in [0.05, 0.1) is 16.6 Å². The van der Waals surface area contributed by atoms with Gasteiger partial charge in [0.1, 0.15) is 11.6 Å². The predicted molar refractivity (Wildman–Crippen MR) is 99.2 cm³/mol. The molecule has 134 valence electrons. The van der Waals surface area contributed by atoms with E-state index in [2.05, 4.69) is 10.3 Å². The van der Waals surface area contributed by atoms with Crippen LogP contribution in [0.25, 0.3) is 10.2 Å². The van der Waals surface area contributed by atoms with Gasteiger partial charge in [0.15, 0.2) is 0 Å². The van der Waals surface area contributed by atoms with E-state index in [0.29, 0.717) is 22.9 Å². The Morgan fingerprint density at radius 2 is 1.96 bits per heavy atom. The van der Waals surface area contributed by atoms with E-state index < -0.39 is 0 Å². The van der Waals surface area contributed by atoms with Gasteiger partial charge in [-0.1, -0.05) is 23.5 Å². The van der Waals surface area contributed by atoms with E-state index in [4.69, 9.17) is 4.74 Å². The molecular formula is C19H18FN3O2S. The molecule has 1 aromatic heterocycles. The largest absolute Gasteiger partial charge is 0.431 e. The first-order valence-corrected chi connectivity index (χ1v) is 9.30. The average Bonchev–Trinajstić information content (AvgIpc) is 3.05. The fraction of sp³-hybridized carbons (Fsp3) is 0.263. The molecular weight excluding hydrogens is 353 g/mol. The predicted octanol–water partition coefficient (Wildman–Crippen LogP) is 3.20.